The van der Waals surface area contributed by atoms with Gasteiger partial charge in [-0.2, -0.15) is 0 Å². The molecule has 1 aromatic carbocycles. The lowest BCUT2D eigenvalue weighted by Crippen LogP contribution is -2.31. The van der Waals surface area contributed by atoms with Gasteiger partial charge in [-0.3, -0.25) is 4.79 Å². The number of benzene rings is 1. The van der Waals surface area contributed by atoms with Gasteiger partial charge in [0.2, 0.25) is 5.91 Å². The lowest BCUT2D eigenvalue weighted by molar-refractivity contribution is -0.121. The second-order valence-corrected chi connectivity index (χ2v) is 5.58. The van der Waals surface area contributed by atoms with Crippen molar-refractivity contribution in [1.82, 2.24) is 0 Å². The summed E-state index contributed by atoms with van der Waals surface area (Å²) in [6.07, 6.45) is 0. The molecule has 0 aliphatic heterocycles. The van der Waals surface area contributed by atoms with E-state index in [4.69, 9.17) is 9.47 Å². The molecule has 0 heterocycles. The fourth-order valence-corrected chi connectivity index (χ4v) is 2.08. The monoisotopic (exact) mass is 294 g/mol. The van der Waals surface area contributed by atoms with E-state index in [-0.39, 0.29) is 17.9 Å². The minimum absolute atomic E-state index is 0.0500. The number of nitrogens with zero attached hydrogens (tertiary/aromatic N) is 1. The van der Waals surface area contributed by atoms with Crippen LogP contribution >= 0.6 is 0 Å². The maximum Gasteiger partial charge on any atom is 0.229 e. The van der Waals surface area contributed by atoms with E-state index >= 15 is 0 Å². The highest BCUT2D eigenvalue weighted by molar-refractivity contribution is 5.98. The number of hydrogen-bond donors (Lipinski definition) is 1. The van der Waals surface area contributed by atoms with E-state index in [0.29, 0.717) is 11.5 Å². The molecular formula is C16H26N2O3. The Morgan fingerprint density at radius 2 is 1.62 bits per heavy atom. The van der Waals surface area contributed by atoms with E-state index in [9.17, 15) is 4.79 Å². The van der Waals surface area contributed by atoms with Crippen LogP contribution in [0.15, 0.2) is 12.1 Å². The maximum absolute atomic E-state index is 12.3. The van der Waals surface area contributed by atoms with E-state index in [2.05, 4.69) is 5.32 Å². The van der Waals surface area contributed by atoms with Crippen molar-refractivity contribution in [3.8, 4) is 11.5 Å². The van der Waals surface area contributed by atoms with Crippen molar-refractivity contribution in [2.24, 2.45) is 5.92 Å². The number of nitrogens with one attached hydrogen (secondary N) is 1. The predicted molar refractivity (Wildman–Crippen MR) is 86.6 cm³/mol. The normalized spacial score (nSPS) is 10.7. The molecule has 1 amide bonds. The molecule has 0 fully saturated rings. The molecule has 5 nitrogen and oxygen atoms in total. The third-order valence-corrected chi connectivity index (χ3v) is 3.13. The average molecular weight is 294 g/mol. The quantitative estimate of drug-likeness (QED) is 0.875. The van der Waals surface area contributed by atoms with Crippen molar-refractivity contribution in [2.45, 2.75) is 33.7 Å². The molecule has 0 saturated heterocycles. The third-order valence-electron chi connectivity index (χ3n) is 3.13. The van der Waals surface area contributed by atoms with Crippen LogP contribution in [0.5, 0.6) is 11.5 Å². The van der Waals surface area contributed by atoms with Gasteiger partial charge in [0.1, 0.15) is 0 Å². The molecule has 0 aliphatic rings. The zero-order valence-electron chi connectivity index (χ0n) is 14.0. The van der Waals surface area contributed by atoms with Gasteiger partial charge in [0, 0.05) is 31.1 Å². The van der Waals surface area contributed by atoms with Crippen LogP contribution in [-0.2, 0) is 4.79 Å². The summed E-state index contributed by atoms with van der Waals surface area (Å²) in [6, 6.07) is 3.92. The SMILES string of the molecule is COc1cc(NC(C)C)c(N(C)C(=O)C(C)C)cc1OC. The first-order valence-electron chi connectivity index (χ1n) is 7.11. The largest absolute Gasteiger partial charge is 0.493 e. The van der Waals surface area contributed by atoms with Crippen molar-refractivity contribution >= 4 is 17.3 Å². The molecular weight excluding hydrogens is 268 g/mol. The Hall–Kier alpha value is -1.91. The Labute approximate surface area is 127 Å². The molecule has 1 rings (SSSR count). The number of anilines is 2. The Morgan fingerprint density at radius 3 is 2.05 bits per heavy atom. The number of hydrogen-bond acceptors (Lipinski definition) is 4. The van der Waals surface area contributed by atoms with Crippen LogP contribution in [0.4, 0.5) is 11.4 Å². The summed E-state index contributed by atoms with van der Waals surface area (Å²) in [5, 5.41) is 3.34. The standard InChI is InChI=1S/C16H26N2O3/c1-10(2)16(19)18(5)13-9-15(21-7)14(20-6)8-12(13)17-11(3)4/h8-11,17H,1-7H3. The topological polar surface area (TPSA) is 50.8 Å². The Bertz CT molecular complexity index is 499. The van der Waals surface area contributed by atoms with Gasteiger partial charge in [-0.15, -0.1) is 0 Å². The van der Waals surface area contributed by atoms with Crippen molar-refractivity contribution in [2.75, 3.05) is 31.5 Å². The summed E-state index contributed by atoms with van der Waals surface area (Å²) in [4.78, 5) is 13.9. The van der Waals surface area contributed by atoms with Gasteiger partial charge in [0.15, 0.2) is 11.5 Å². The summed E-state index contributed by atoms with van der Waals surface area (Å²) in [6.45, 7) is 7.86. The summed E-state index contributed by atoms with van der Waals surface area (Å²) in [5.74, 6) is 1.21. The molecule has 0 bridgehead atoms. The summed E-state index contributed by atoms with van der Waals surface area (Å²) < 4.78 is 10.7. The molecule has 0 radical (unpaired) electrons. The zero-order valence-corrected chi connectivity index (χ0v) is 14.0. The van der Waals surface area contributed by atoms with Crippen molar-refractivity contribution in [1.29, 1.82) is 0 Å². The fourth-order valence-electron chi connectivity index (χ4n) is 2.08. The zero-order chi connectivity index (χ0) is 16.2. The average Bonchev–Trinajstić information content (AvgIpc) is 2.44. The van der Waals surface area contributed by atoms with Gasteiger partial charge in [0.25, 0.3) is 0 Å². The number of carbonyl (C=O) groups excluding carboxylic acids is 1. The fraction of sp³-hybridized carbons (Fsp3) is 0.562. The van der Waals surface area contributed by atoms with E-state index in [0.717, 1.165) is 11.4 Å². The molecule has 1 aromatic rings. The maximum atomic E-state index is 12.3. The van der Waals surface area contributed by atoms with Crippen LogP contribution < -0.4 is 19.7 Å². The van der Waals surface area contributed by atoms with Gasteiger partial charge in [0.05, 0.1) is 25.6 Å². The number of carbonyl (C=O) groups is 1. The molecule has 1 N–H and O–H groups in total. The Balaban J connectivity index is 3.35. The minimum Gasteiger partial charge on any atom is -0.493 e. The number of amides is 1. The van der Waals surface area contributed by atoms with Gasteiger partial charge in [-0.05, 0) is 13.8 Å². The molecule has 0 aromatic heterocycles. The molecule has 0 unspecified atom stereocenters. The van der Waals surface area contributed by atoms with Crippen molar-refractivity contribution in [3.63, 3.8) is 0 Å². The van der Waals surface area contributed by atoms with E-state index in [1.165, 1.54) is 0 Å². The van der Waals surface area contributed by atoms with E-state index in [1.54, 1.807) is 26.2 Å². The van der Waals surface area contributed by atoms with E-state index < -0.39 is 0 Å². The first-order chi connectivity index (χ1) is 9.81. The van der Waals surface area contributed by atoms with Crippen LogP contribution in [-0.4, -0.2) is 33.2 Å². The van der Waals surface area contributed by atoms with Crippen LogP contribution in [0.1, 0.15) is 27.7 Å². The molecule has 118 valence electrons. The van der Waals surface area contributed by atoms with Crippen LogP contribution in [0.2, 0.25) is 0 Å². The van der Waals surface area contributed by atoms with Crippen LogP contribution in [0.25, 0.3) is 0 Å². The number of methoxy groups -OCH3 is 2. The second-order valence-electron chi connectivity index (χ2n) is 5.58. The second kappa shape index (κ2) is 7.20. The van der Waals surface area contributed by atoms with Gasteiger partial charge in [-0.25, -0.2) is 0 Å². The molecule has 0 atom stereocenters. The Morgan fingerprint density at radius 1 is 1.10 bits per heavy atom. The lowest BCUT2D eigenvalue weighted by atomic mass is 10.1. The minimum atomic E-state index is -0.0741. The highest BCUT2D eigenvalue weighted by Gasteiger charge is 2.20. The lowest BCUT2D eigenvalue weighted by Gasteiger charge is -2.25. The predicted octanol–water partition coefficient (Wildman–Crippen LogP) is 3.14. The summed E-state index contributed by atoms with van der Waals surface area (Å²) in [5.41, 5.74) is 1.62. The molecule has 0 aliphatic carbocycles. The molecule has 0 spiro atoms. The highest BCUT2D eigenvalue weighted by Crippen LogP contribution is 2.38. The van der Waals surface area contributed by atoms with Gasteiger partial charge < -0.3 is 19.7 Å². The van der Waals surface area contributed by atoms with Crippen molar-refractivity contribution in [3.05, 3.63) is 12.1 Å². The van der Waals surface area contributed by atoms with Crippen LogP contribution in [0.3, 0.4) is 0 Å². The van der Waals surface area contributed by atoms with Gasteiger partial charge in [-0.1, -0.05) is 13.8 Å². The summed E-state index contributed by atoms with van der Waals surface area (Å²) in [7, 11) is 4.95. The van der Waals surface area contributed by atoms with Crippen molar-refractivity contribution < 1.29 is 14.3 Å². The number of rotatable bonds is 6. The molecule has 0 saturated carbocycles. The first-order valence-corrected chi connectivity index (χ1v) is 7.11. The molecule has 21 heavy (non-hydrogen) atoms. The van der Waals surface area contributed by atoms with E-state index in [1.807, 2.05) is 39.8 Å². The smallest absolute Gasteiger partial charge is 0.229 e. The van der Waals surface area contributed by atoms with Crippen LogP contribution in [0, 0.1) is 5.92 Å². The Kier molecular flexibility index (Phi) is 5.88. The highest BCUT2D eigenvalue weighted by atomic mass is 16.5. The van der Waals surface area contributed by atoms with Gasteiger partial charge >= 0.3 is 0 Å². The first kappa shape index (κ1) is 17.1. The third kappa shape index (κ3) is 4.03. The molecule has 5 heteroatoms. The number of ether oxygens (including phenoxy) is 2. The summed E-state index contributed by atoms with van der Waals surface area (Å²) >= 11 is 0.